The van der Waals surface area contributed by atoms with Crippen molar-refractivity contribution in [1.29, 1.82) is 5.26 Å². The van der Waals surface area contributed by atoms with Gasteiger partial charge in [-0.3, -0.25) is 4.79 Å². The molecule has 2 rings (SSSR count). The second-order valence-corrected chi connectivity index (χ2v) is 7.75. The number of ether oxygens (including phenoxy) is 1. The number of para-hydroxylation sites is 1. The molecule has 0 aliphatic heterocycles. The van der Waals surface area contributed by atoms with Gasteiger partial charge >= 0.3 is 0 Å². The van der Waals surface area contributed by atoms with Crippen molar-refractivity contribution in [2.45, 2.75) is 45.4 Å². The van der Waals surface area contributed by atoms with Crippen molar-refractivity contribution >= 4 is 40.9 Å². The van der Waals surface area contributed by atoms with E-state index in [1.807, 2.05) is 6.07 Å². The molecular weight excluding hydrogens is 419 g/mol. The number of nitrogens with one attached hydrogen (secondary N) is 1. The van der Waals surface area contributed by atoms with Gasteiger partial charge in [0.1, 0.15) is 17.4 Å². The highest BCUT2D eigenvalue weighted by Crippen LogP contribution is 2.27. The number of benzene rings is 2. The molecular formula is C24H26Cl2N2O2. The van der Waals surface area contributed by atoms with E-state index in [9.17, 15) is 10.1 Å². The van der Waals surface area contributed by atoms with Crippen LogP contribution in [-0.2, 0) is 4.79 Å². The number of hydrogen-bond donors (Lipinski definition) is 1. The second kappa shape index (κ2) is 13.0. The maximum atomic E-state index is 12.5. The van der Waals surface area contributed by atoms with E-state index in [1.54, 1.807) is 42.5 Å². The average Bonchev–Trinajstić information content (AvgIpc) is 2.74. The number of halogens is 2. The number of rotatable bonds is 11. The van der Waals surface area contributed by atoms with Crippen LogP contribution < -0.4 is 10.1 Å². The normalized spacial score (nSPS) is 11.1. The third-order valence-corrected chi connectivity index (χ3v) is 5.08. The summed E-state index contributed by atoms with van der Waals surface area (Å²) in [5.41, 5.74) is 0.955. The molecule has 4 nitrogen and oxygen atoms in total. The van der Waals surface area contributed by atoms with Crippen LogP contribution in [0.1, 0.15) is 51.0 Å². The predicted molar refractivity (Wildman–Crippen MR) is 124 cm³/mol. The number of anilines is 1. The van der Waals surface area contributed by atoms with Gasteiger partial charge in [0, 0.05) is 10.6 Å². The van der Waals surface area contributed by atoms with Gasteiger partial charge in [-0.15, -0.1) is 0 Å². The molecule has 1 amide bonds. The van der Waals surface area contributed by atoms with Gasteiger partial charge < -0.3 is 10.1 Å². The molecule has 6 heteroatoms. The molecule has 0 aliphatic rings. The largest absolute Gasteiger partial charge is 0.493 e. The smallest absolute Gasteiger partial charge is 0.266 e. The van der Waals surface area contributed by atoms with E-state index < -0.39 is 5.91 Å². The highest BCUT2D eigenvalue weighted by Gasteiger charge is 2.13. The van der Waals surface area contributed by atoms with Crippen LogP contribution in [-0.4, -0.2) is 12.5 Å². The number of amides is 1. The molecule has 0 aliphatic carbocycles. The molecule has 0 spiro atoms. The summed E-state index contributed by atoms with van der Waals surface area (Å²) in [5, 5.41) is 13.0. The summed E-state index contributed by atoms with van der Waals surface area (Å²) in [6.07, 6.45) is 8.48. The van der Waals surface area contributed by atoms with E-state index in [4.69, 9.17) is 27.9 Å². The minimum atomic E-state index is -0.549. The van der Waals surface area contributed by atoms with Crippen molar-refractivity contribution in [3.63, 3.8) is 0 Å². The number of nitriles is 1. The fraction of sp³-hybridized carbons (Fsp3) is 0.333. The zero-order valence-electron chi connectivity index (χ0n) is 17.1. The van der Waals surface area contributed by atoms with E-state index in [1.165, 1.54) is 31.8 Å². The Morgan fingerprint density at radius 3 is 2.57 bits per heavy atom. The monoisotopic (exact) mass is 444 g/mol. The van der Waals surface area contributed by atoms with Crippen molar-refractivity contribution in [1.82, 2.24) is 0 Å². The average molecular weight is 445 g/mol. The van der Waals surface area contributed by atoms with E-state index in [-0.39, 0.29) is 5.57 Å². The Hall–Kier alpha value is -2.48. The number of carbonyl (C=O) groups is 1. The van der Waals surface area contributed by atoms with Gasteiger partial charge in [0.05, 0.1) is 17.3 Å². The van der Waals surface area contributed by atoms with Crippen LogP contribution in [0.5, 0.6) is 5.75 Å². The lowest BCUT2D eigenvalue weighted by molar-refractivity contribution is -0.112. The Morgan fingerprint density at radius 1 is 1.10 bits per heavy atom. The summed E-state index contributed by atoms with van der Waals surface area (Å²) in [4.78, 5) is 12.5. The van der Waals surface area contributed by atoms with Crippen molar-refractivity contribution < 1.29 is 9.53 Å². The molecule has 0 fully saturated rings. The van der Waals surface area contributed by atoms with Crippen LogP contribution in [0.3, 0.4) is 0 Å². The molecule has 0 radical (unpaired) electrons. The molecule has 0 saturated carbocycles. The quantitative estimate of drug-likeness (QED) is 0.225. The SMILES string of the molecule is CCCCCCCCOc1ccc(Cl)cc1/C=C(\C#N)C(=O)Nc1ccccc1Cl. The lowest BCUT2D eigenvalue weighted by Gasteiger charge is -2.11. The van der Waals surface area contributed by atoms with Crippen molar-refractivity contribution in [2.24, 2.45) is 0 Å². The number of hydrogen-bond acceptors (Lipinski definition) is 3. The zero-order valence-corrected chi connectivity index (χ0v) is 18.6. The van der Waals surface area contributed by atoms with Crippen LogP contribution in [0, 0.1) is 11.3 Å². The van der Waals surface area contributed by atoms with E-state index in [0.29, 0.717) is 33.7 Å². The second-order valence-electron chi connectivity index (χ2n) is 6.90. The molecule has 2 aromatic carbocycles. The van der Waals surface area contributed by atoms with Gasteiger partial charge in [-0.05, 0) is 42.8 Å². The minimum Gasteiger partial charge on any atom is -0.493 e. The van der Waals surface area contributed by atoms with Crippen LogP contribution in [0.15, 0.2) is 48.0 Å². The lowest BCUT2D eigenvalue weighted by Crippen LogP contribution is -2.13. The van der Waals surface area contributed by atoms with E-state index in [2.05, 4.69) is 12.2 Å². The first-order valence-corrected chi connectivity index (χ1v) is 10.9. The first-order valence-electron chi connectivity index (χ1n) is 10.1. The summed E-state index contributed by atoms with van der Waals surface area (Å²) in [6, 6.07) is 14.0. The Balaban J connectivity index is 2.07. The van der Waals surface area contributed by atoms with E-state index >= 15 is 0 Å². The number of carbonyl (C=O) groups excluding carboxylic acids is 1. The Morgan fingerprint density at radius 2 is 1.83 bits per heavy atom. The van der Waals surface area contributed by atoms with Gasteiger partial charge in [-0.1, -0.05) is 74.4 Å². The maximum absolute atomic E-state index is 12.5. The third kappa shape index (κ3) is 7.74. The standard InChI is InChI=1S/C24H26Cl2N2O2/c1-2-3-4-5-6-9-14-30-23-13-12-20(25)16-18(23)15-19(17-27)24(29)28-22-11-8-7-10-21(22)26/h7-8,10-13,15-16H,2-6,9,14H2,1H3,(H,28,29)/b19-15+. The molecule has 1 N–H and O–H groups in total. The number of nitrogens with zero attached hydrogens (tertiary/aromatic N) is 1. The summed E-state index contributed by atoms with van der Waals surface area (Å²) in [6.45, 7) is 2.77. The fourth-order valence-electron chi connectivity index (χ4n) is 2.88. The van der Waals surface area contributed by atoms with Crippen LogP contribution in [0.4, 0.5) is 5.69 Å². The van der Waals surface area contributed by atoms with Gasteiger partial charge in [-0.2, -0.15) is 5.26 Å². The van der Waals surface area contributed by atoms with Gasteiger partial charge in [0.25, 0.3) is 5.91 Å². The summed E-state index contributed by atoms with van der Waals surface area (Å²) in [7, 11) is 0. The Kier molecular flexibility index (Phi) is 10.3. The molecule has 2 aromatic rings. The molecule has 0 unspecified atom stereocenters. The topological polar surface area (TPSA) is 62.1 Å². The first kappa shape index (κ1) is 23.8. The molecule has 0 bridgehead atoms. The van der Waals surface area contributed by atoms with Crippen molar-refractivity contribution in [2.75, 3.05) is 11.9 Å². The summed E-state index contributed by atoms with van der Waals surface area (Å²) < 4.78 is 5.90. The lowest BCUT2D eigenvalue weighted by atomic mass is 10.1. The molecule has 0 saturated heterocycles. The first-order chi connectivity index (χ1) is 14.5. The van der Waals surface area contributed by atoms with Crippen LogP contribution in [0.2, 0.25) is 10.0 Å². The zero-order chi connectivity index (χ0) is 21.8. The fourth-order valence-corrected chi connectivity index (χ4v) is 3.25. The molecule has 158 valence electrons. The molecule has 0 atom stereocenters. The molecule has 0 aromatic heterocycles. The molecule has 0 heterocycles. The van der Waals surface area contributed by atoms with E-state index in [0.717, 1.165) is 12.8 Å². The third-order valence-electron chi connectivity index (χ3n) is 4.51. The Bertz CT molecular complexity index is 920. The predicted octanol–water partition coefficient (Wildman–Crippen LogP) is 7.28. The van der Waals surface area contributed by atoms with Gasteiger partial charge in [-0.25, -0.2) is 0 Å². The minimum absolute atomic E-state index is 0.0680. The maximum Gasteiger partial charge on any atom is 0.266 e. The highest BCUT2D eigenvalue weighted by molar-refractivity contribution is 6.34. The number of unbranched alkanes of at least 4 members (excludes halogenated alkanes) is 5. The van der Waals surface area contributed by atoms with Gasteiger partial charge in [0.2, 0.25) is 0 Å². The Labute approximate surface area is 188 Å². The summed E-state index contributed by atoms with van der Waals surface area (Å²) >= 11 is 12.2. The van der Waals surface area contributed by atoms with Crippen molar-refractivity contribution in [3.8, 4) is 11.8 Å². The van der Waals surface area contributed by atoms with Crippen LogP contribution >= 0.6 is 23.2 Å². The van der Waals surface area contributed by atoms with Crippen molar-refractivity contribution in [3.05, 3.63) is 63.6 Å². The highest BCUT2D eigenvalue weighted by atomic mass is 35.5. The molecule has 30 heavy (non-hydrogen) atoms. The summed E-state index contributed by atoms with van der Waals surface area (Å²) in [5.74, 6) is 0.0405. The van der Waals surface area contributed by atoms with Crippen LogP contribution in [0.25, 0.3) is 6.08 Å². The van der Waals surface area contributed by atoms with Gasteiger partial charge in [0.15, 0.2) is 0 Å².